The SMILES string of the molecule is CCCn1cc(C(=O)NCC2CCC(c3nnc(-c4cccs4)o3)CC2)cn1. The highest BCUT2D eigenvalue weighted by Crippen LogP contribution is 2.36. The number of carbonyl (C=O) groups excluding carboxylic acids is 1. The first-order valence-electron chi connectivity index (χ1n) is 9.91. The molecule has 1 aliphatic rings. The zero-order valence-electron chi connectivity index (χ0n) is 16.0. The van der Waals surface area contributed by atoms with Crippen LogP contribution in [-0.4, -0.2) is 32.4 Å². The molecule has 3 aromatic rings. The predicted octanol–water partition coefficient (Wildman–Crippen LogP) is 4.11. The number of aryl methyl sites for hydroxylation is 1. The number of rotatable bonds is 7. The zero-order valence-corrected chi connectivity index (χ0v) is 16.8. The standard InChI is InChI=1S/C20H25N5O2S/c1-2-9-25-13-16(12-22-25)18(26)21-11-14-5-7-15(8-6-14)19-23-24-20(27-19)17-4-3-10-28-17/h3-4,10,12-15H,2,5-9,11H2,1H3,(H,21,26). The summed E-state index contributed by atoms with van der Waals surface area (Å²) >= 11 is 1.61. The molecule has 0 aromatic carbocycles. The first-order valence-corrected chi connectivity index (χ1v) is 10.8. The Bertz CT molecular complexity index is 893. The monoisotopic (exact) mass is 399 g/mol. The van der Waals surface area contributed by atoms with Gasteiger partial charge in [0.2, 0.25) is 5.89 Å². The fraction of sp³-hybridized carbons (Fsp3) is 0.500. The number of hydrogen-bond donors (Lipinski definition) is 1. The minimum absolute atomic E-state index is 0.0398. The maximum Gasteiger partial charge on any atom is 0.257 e. The molecule has 3 heterocycles. The summed E-state index contributed by atoms with van der Waals surface area (Å²) in [6.07, 6.45) is 8.59. The molecule has 0 saturated heterocycles. The molecule has 0 aliphatic heterocycles. The number of nitrogens with zero attached hydrogens (tertiary/aromatic N) is 4. The van der Waals surface area contributed by atoms with Crippen molar-refractivity contribution >= 4 is 17.2 Å². The van der Waals surface area contributed by atoms with E-state index in [0.717, 1.165) is 49.4 Å². The molecule has 1 fully saturated rings. The number of thiophene rings is 1. The highest BCUT2D eigenvalue weighted by molar-refractivity contribution is 7.13. The van der Waals surface area contributed by atoms with Crippen LogP contribution < -0.4 is 5.32 Å². The van der Waals surface area contributed by atoms with Gasteiger partial charge in [0.05, 0.1) is 16.6 Å². The third-order valence-electron chi connectivity index (χ3n) is 5.27. The van der Waals surface area contributed by atoms with Gasteiger partial charge in [-0.3, -0.25) is 9.48 Å². The first-order chi connectivity index (χ1) is 13.7. The van der Waals surface area contributed by atoms with Crippen molar-refractivity contribution in [1.29, 1.82) is 0 Å². The zero-order chi connectivity index (χ0) is 19.3. The summed E-state index contributed by atoms with van der Waals surface area (Å²) < 4.78 is 7.70. The van der Waals surface area contributed by atoms with E-state index in [1.54, 1.807) is 17.5 Å². The lowest BCUT2D eigenvalue weighted by atomic mass is 9.82. The highest BCUT2D eigenvalue weighted by atomic mass is 32.1. The van der Waals surface area contributed by atoms with Crippen LogP contribution in [0.4, 0.5) is 0 Å². The molecule has 7 nitrogen and oxygen atoms in total. The third-order valence-corrected chi connectivity index (χ3v) is 6.13. The molecule has 0 unspecified atom stereocenters. The van der Waals surface area contributed by atoms with E-state index in [2.05, 4.69) is 27.5 Å². The van der Waals surface area contributed by atoms with Crippen molar-refractivity contribution in [3.63, 3.8) is 0 Å². The minimum atomic E-state index is -0.0398. The molecule has 1 amide bonds. The van der Waals surface area contributed by atoms with Gasteiger partial charge in [-0.1, -0.05) is 13.0 Å². The summed E-state index contributed by atoms with van der Waals surface area (Å²) in [7, 11) is 0. The van der Waals surface area contributed by atoms with Crippen LogP contribution >= 0.6 is 11.3 Å². The topological polar surface area (TPSA) is 85.8 Å². The summed E-state index contributed by atoms with van der Waals surface area (Å²) in [5.41, 5.74) is 0.633. The largest absolute Gasteiger partial charge is 0.420 e. The molecule has 0 radical (unpaired) electrons. The lowest BCUT2D eigenvalue weighted by Crippen LogP contribution is -2.31. The van der Waals surface area contributed by atoms with Crippen LogP contribution in [0.25, 0.3) is 10.8 Å². The molecule has 3 aromatic heterocycles. The van der Waals surface area contributed by atoms with E-state index in [1.807, 2.05) is 28.4 Å². The second-order valence-corrected chi connectivity index (χ2v) is 8.29. The summed E-state index contributed by atoms with van der Waals surface area (Å²) in [6, 6.07) is 3.98. The van der Waals surface area contributed by atoms with Crippen molar-refractivity contribution < 1.29 is 9.21 Å². The maximum absolute atomic E-state index is 12.3. The van der Waals surface area contributed by atoms with Gasteiger partial charge >= 0.3 is 0 Å². The van der Waals surface area contributed by atoms with Crippen LogP contribution in [0.3, 0.4) is 0 Å². The van der Waals surface area contributed by atoms with Gasteiger partial charge in [-0.05, 0) is 49.5 Å². The molecule has 4 rings (SSSR count). The van der Waals surface area contributed by atoms with Gasteiger partial charge in [-0.25, -0.2) is 0 Å². The van der Waals surface area contributed by atoms with Gasteiger partial charge in [0.15, 0.2) is 0 Å². The number of nitrogens with one attached hydrogen (secondary N) is 1. The number of amides is 1. The van der Waals surface area contributed by atoms with Crippen LogP contribution in [-0.2, 0) is 6.54 Å². The summed E-state index contributed by atoms with van der Waals surface area (Å²) in [4.78, 5) is 13.3. The highest BCUT2D eigenvalue weighted by Gasteiger charge is 2.27. The number of aromatic nitrogens is 4. The molecule has 8 heteroatoms. The molecule has 1 N–H and O–H groups in total. The molecular weight excluding hydrogens is 374 g/mol. The maximum atomic E-state index is 12.3. The van der Waals surface area contributed by atoms with E-state index in [-0.39, 0.29) is 5.91 Å². The fourth-order valence-corrected chi connectivity index (χ4v) is 4.33. The number of carbonyl (C=O) groups is 1. The summed E-state index contributed by atoms with van der Waals surface area (Å²) in [6.45, 7) is 3.63. The first kappa shape index (κ1) is 18.9. The third kappa shape index (κ3) is 4.32. The smallest absolute Gasteiger partial charge is 0.257 e. The Morgan fingerprint density at radius 3 is 2.93 bits per heavy atom. The predicted molar refractivity (Wildman–Crippen MR) is 107 cm³/mol. The Labute approximate surface area is 168 Å². The molecule has 28 heavy (non-hydrogen) atoms. The van der Waals surface area contributed by atoms with E-state index in [1.165, 1.54) is 0 Å². The minimum Gasteiger partial charge on any atom is -0.420 e. The Morgan fingerprint density at radius 2 is 2.18 bits per heavy atom. The Morgan fingerprint density at radius 1 is 1.32 bits per heavy atom. The van der Waals surface area contributed by atoms with Crippen LogP contribution in [0.2, 0.25) is 0 Å². The Balaban J connectivity index is 1.24. The molecular formula is C20H25N5O2S. The fourth-order valence-electron chi connectivity index (χ4n) is 3.68. The molecule has 148 valence electrons. The van der Waals surface area contributed by atoms with Crippen LogP contribution in [0.5, 0.6) is 0 Å². The Kier molecular flexibility index (Phi) is 5.85. The van der Waals surface area contributed by atoms with Gasteiger partial charge in [-0.15, -0.1) is 21.5 Å². The quantitative estimate of drug-likeness (QED) is 0.646. The van der Waals surface area contributed by atoms with Crippen molar-refractivity contribution in [1.82, 2.24) is 25.3 Å². The van der Waals surface area contributed by atoms with Crippen molar-refractivity contribution in [2.75, 3.05) is 6.54 Å². The van der Waals surface area contributed by atoms with Crippen molar-refractivity contribution in [2.45, 2.75) is 51.5 Å². The second-order valence-electron chi connectivity index (χ2n) is 7.34. The van der Waals surface area contributed by atoms with Gasteiger partial charge in [0.1, 0.15) is 0 Å². The van der Waals surface area contributed by atoms with Gasteiger partial charge in [-0.2, -0.15) is 5.10 Å². The van der Waals surface area contributed by atoms with Crippen LogP contribution in [0.1, 0.15) is 61.2 Å². The molecule has 1 aliphatic carbocycles. The van der Waals surface area contributed by atoms with Crippen molar-refractivity contribution in [3.05, 3.63) is 41.4 Å². The van der Waals surface area contributed by atoms with Gasteiger partial charge in [0.25, 0.3) is 11.8 Å². The van der Waals surface area contributed by atoms with Crippen LogP contribution in [0, 0.1) is 5.92 Å². The van der Waals surface area contributed by atoms with E-state index in [4.69, 9.17) is 4.42 Å². The second kappa shape index (κ2) is 8.68. The lowest BCUT2D eigenvalue weighted by Gasteiger charge is -2.26. The van der Waals surface area contributed by atoms with E-state index >= 15 is 0 Å². The Hall–Kier alpha value is -2.48. The van der Waals surface area contributed by atoms with E-state index in [0.29, 0.717) is 29.8 Å². The number of hydrogen-bond acceptors (Lipinski definition) is 6. The average molecular weight is 400 g/mol. The van der Waals surface area contributed by atoms with Gasteiger partial charge in [0, 0.05) is 25.2 Å². The summed E-state index contributed by atoms with van der Waals surface area (Å²) in [5.74, 6) is 2.13. The van der Waals surface area contributed by atoms with Gasteiger partial charge < -0.3 is 9.73 Å². The molecule has 1 saturated carbocycles. The van der Waals surface area contributed by atoms with Crippen molar-refractivity contribution in [2.24, 2.45) is 5.92 Å². The average Bonchev–Trinajstić information content (AvgIpc) is 3.47. The van der Waals surface area contributed by atoms with Crippen LogP contribution in [0.15, 0.2) is 34.3 Å². The van der Waals surface area contributed by atoms with E-state index < -0.39 is 0 Å². The molecule has 0 bridgehead atoms. The van der Waals surface area contributed by atoms with E-state index in [9.17, 15) is 4.79 Å². The summed E-state index contributed by atoms with van der Waals surface area (Å²) in [5, 5.41) is 17.7. The molecule has 0 atom stereocenters. The lowest BCUT2D eigenvalue weighted by molar-refractivity contribution is 0.0942. The molecule has 0 spiro atoms. The van der Waals surface area contributed by atoms with Crippen molar-refractivity contribution in [3.8, 4) is 10.8 Å². The normalized spacial score (nSPS) is 19.6.